The van der Waals surface area contributed by atoms with E-state index in [0.29, 0.717) is 17.1 Å². The van der Waals surface area contributed by atoms with Crippen LogP contribution in [0.15, 0.2) is 36.5 Å². The lowest BCUT2D eigenvalue weighted by Crippen LogP contribution is -2.42. The molecule has 8 nitrogen and oxygen atoms in total. The van der Waals surface area contributed by atoms with Gasteiger partial charge in [0.05, 0.1) is 17.2 Å². The molecule has 0 radical (unpaired) electrons. The van der Waals surface area contributed by atoms with Crippen LogP contribution in [0.4, 0.5) is 0 Å². The molecule has 2 heterocycles. The van der Waals surface area contributed by atoms with Crippen LogP contribution in [0.1, 0.15) is 23.3 Å². The van der Waals surface area contributed by atoms with Crippen LogP contribution in [-0.2, 0) is 14.6 Å². The van der Waals surface area contributed by atoms with Crippen LogP contribution in [0, 0.1) is 5.92 Å². The number of hydrogen-bond acceptors (Lipinski definition) is 5. The quantitative estimate of drug-likeness (QED) is 0.752. The zero-order valence-electron chi connectivity index (χ0n) is 13.7. The summed E-state index contributed by atoms with van der Waals surface area (Å²) < 4.78 is 24.3. The molecule has 0 bridgehead atoms. The van der Waals surface area contributed by atoms with E-state index in [1.54, 1.807) is 30.5 Å². The van der Waals surface area contributed by atoms with E-state index in [1.807, 2.05) is 0 Å². The van der Waals surface area contributed by atoms with Gasteiger partial charge in [0, 0.05) is 17.6 Å². The molecule has 1 unspecified atom stereocenters. The smallest absolute Gasteiger partial charge is 0.273 e. The summed E-state index contributed by atoms with van der Waals surface area (Å²) in [6.07, 6.45) is 2.12. The van der Waals surface area contributed by atoms with Crippen molar-refractivity contribution in [3.8, 4) is 5.69 Å². The summed E-state index contributed by atoms with van der Waals surface area (Å²) in [5.74, 6) is -1.09. The largest absolute Gasteiger partial charge is 0.290 e. The van der Waals surface area contributed by atoms with Gasteiger partial charge in [-0.15, -0.1) is 0 Å². The van der Waals surface area contributed by atoms with Gasteiger partial charge in [-0.3, -0.25) is 20.4 Å². The fourth-order valence-corrected chi connectivity index (χ4v) is 4.79. The molecular weight excluding hydrogens is 380 g/mol. The van der Waals surface area contributed by atoms with Crippen LogP contribution < -0.4 is 10.9 Å². The lowest BCUT2D eigenvalue weighted by Gasteiger charge is -2.09. The summed E-state index contributed by atoms with van der Waals surface area (Å²) >= 11 is 5.93. The third-order valence-electron chi connectivity index (χ3n) is 4.01. The summed E-state index contributed by atoms with van der Waals surface area (Å²) in [6, 6.07) is 8.49. The fraction of sp³-hybridized carbons (Fsp3) is 0.312. The minimum absolute atomic E-state index is 0.0123. The lowest BCUT2D eigenvalue weighted by molar-refractivity contribution is -0.122. The van der Waals surface area contributed by atoms with Crippen LogP contribution in [-0.4, -0.2) is 41.5 Å². The fourth-order valence-electron chi connectivity index (χ4n) is 2.74. The molecule has 138 valence electrons. The first-order valence-corrected chi connectivity index (χ1v) is 10.1. The van der Waals surface area contributed by atoms with Gasteiger partial charge in [0.2, 0.25) is 5.91 Å². The van der Waals surface area contributed by atoms with Gasteiger partial charge < -0.3 is 0 Å². The molecule has 1 aromatic heterocycles. The highest BCUT2D eigenvalue weighted by molar-refractivity contribution is 7.91. The Balaban J connectivity index is 1.53. The number of amides is 2. The molecule has 0 saturated carbocycles. The minimum Gasteiger partial charge on any atom is -0.273 e. The van der Waals surface area contributed by atoms with Gasteiger partial charge in [-0.1, -0.05) is 17.7 Å². The summed E-state index contributed by atoms with van der Waals surface area (Å²) in [5.41, 5.74) is 5.39. The van der Waals surface area contributed by atoms with Crippen LogP contribution in [0.5, 0.6) is 0 Å². The molecular formula is C16H17ClN4O4S. The number of carbonyl (C=O) groups excluding carboxylic acids is 2. The lowest BCUT2D eigenvalue weighted by atomic mass is 10.1. The van der Waals surface area contributed by atoms with Crippen molar-refractivity contribution in [2.45, 2.75) is 12.8 Å². The van der Waals surface area contributed by atoms with Crippen molar-refractivity contribution >= 4 is 33.3 Å². The molecule has 1 aromatic carbocycles. The van der Waals surface area contributed by atoms with Crippen molar-refractivity contribution in [1.82, 2.24) is 20.6 Å². The molecule has 2 aromatic rings. The Morgan fingerprint density at radius 1 is 1.27 bits per heavy atom. The molecule has 3 rings (SSSR count). The van der Waals surface area contributed by atoms with E-state index in [0.717, 1.165) is 0 Å². The standard InChI is InChI=1S/C16H17ClN4O4S/c17-12-2-1-3-13(9-12)21-6-4-14(20-21)16(23)19-18-15(22)8-11-5-7-26(24,25)10-11/h1-4,6,9,11H,5,7-8,10H2,(H,18,22)(H,19,23). The first kappa shape index (κ1) is 18.4. The average Bonchev–Trinajstić information content (AvgIpc) is 3.19. The zero-order chi connectivity index (χ0) is 18.7. The Kier molecular flexibility index (Phi) is 5.28. The number of rotatable bonds is 4. The highest BCUT2D eigenvalue weighted by Gasteiger charge is 2.29. The predicted molar refractivity (Wildman–Crippen MR) is 95.6 cm³/mol. The summed E-state index contributed by atoms with van der Waals surface area (Å²) in [4.78, 5) is 23.9. The van der Waals surface area contributed by atoms with Gasteiger partial charge in [0.1, 0.15) is 0 Å². The van der Waals surface area contributed by atoms with Crippen molar-refractivity contribution in [3.63, 3.8) is 0 Å². The Labute approximate surface area is 155 Å². The Hall–Kier alpha value is -2.39. The summed E-state index contributed by atoms with van der Waals surface area (Å²) in [5, 5.41) is 4.68. The van der Waals surface area contributed by atoms with Gasteiger partial charge in [0.15, 0.2) is 15.5 Å². The minimum atomic E-state index is -3.03. The molecule has 1 aliphatic rings. The molecule has 1 aliphatic heterocycles. The van der Waals surface area contributed by atoms with Gasteiger partial charge in [-0.2, -0.15) is 5.10 Å². The highest BCUT2D eigenvalue weighted by atomic mass is 35.5. The van der Waals surface area contributed by atoms with E-state index in [9.17, 15) is 18.0 Å². The van der Waals surface area contributed by atoms with Crippen molar-refractivity contribution in [2.75, 3.05) is 11.5 Å². The van der Waals surface area contributed by atoms with Crippen molar-refractivity contribution < 1.29 is 18.0 Å². The van der Waals surface area contributed by atoms with Gasteiger partial charge in [0.25, 0.3) is 5.91 Å². The van der Waals surface area contributed by atoms with E-state index < -0.39 is 21.7 Å². The number of nitrogens with zero attached hydrogens (tertiary/aromatic N) is 2. The van der Waals surface area contributed by atoms with Gasteiger partial charge in [-0.25, -0.2) is 13.1 Å². The first-order valence-electron chi connectivity index (χ1n) is 7.94. The average molecular weight is 397 g/mol. The first-order chi connectivity index (χ1) is 12.3. The predicted octanol–water partition coefficient (Wildman–Crippen LogP) is 1.11. The number of carbonyl (C=O) groups is 2. The summed E-state index contributed by atoms with van der Waals surface area (Å²) in [7, 11) is -3.03. The normalized spacial score (nSPS) is 18.4. The molecule has 0 aliphatic carbocycles. The van der Waals surface area contributed by atoms with E-state index in [2.05, 4.69) is 16.0 Å². The molecule has 10 heteroatoms. The van der Waals surface area contributed by atoms with Crippen molar-refractivity contribution in [2.24, 2.45) is 5.92 Å². The van der Waals surface area contributed by atoms with Crippen molar-refractivity contribution in [3.05, 3.63) is 47.2 Å². The van der Waals surface area contributed by atoms with Crippen LogP contribution in [0.2, 0.25) is 5.02 Å². The van der Waals surface area contributed by atoms with E-state index in [1.165, 1.54) is 10.7 Å². The number of hydrogen-bond donors (Lipinski definition) is 2. The third-order valence-corrected chi connectivity index (χ3v) is 6.08. The molecule has 1 saturated heterocycles. The second kappa shape index (κ2) is 7.46. The molecule has 2 amide bonds. The maximum absolute atomic E-state index is 12.1. The maximum Gasteiger partial charge on any atom is 0.290 e. The molecule has 1 fully saturated rings. The van der Waals surface area contributed by atoms with Crippen LogP contribution in [0.3, 0.4) is 0 Å². The monoisotopic (exact) mass is 396 g/mol. The molecule has 1 atom stereocenters. The molecule has 2 N–H and O–H groups in total. The van der Waals surface area contributed by atoms with Gasteiger partial charge >= 0.3 is 0 Å². The Morgan fingerprint density at radius 2 is 2.08 bits per heavy atom. The van der Waals surface area contributed by atoms with Gasteiger partial charge in [-0.05, 0) is 36.6 Å². The number of sulfone groups is 1. The van der Waals surface area contributed by atoms with E-state index in [4.69, 9.17) is 11.6 Å². The number of aromatic nitrogens is 2. The van der Waals surface area contributed by atoms with E-state index in [-0.39, 0.29) is 29.5 Å². The topological polar surface area (TPSA) is 110 Å². The number of hydrazine groups is 1. The highest BCUT2D eigenvalue weighted by Crippen LogP contribution is 2.21. The third kappa shape index (κ3) is 4.61. The van der Waals surface area contributed by atoms with E-state index >= 15 is 0 Å². The second-order valence-electron chi connectivity index (χ2n) is 6.10. The Morgan fingerprint density at radius 3 is 2.77 bits per heavy atom. The maximum atomic E-state index is 12.1. The zero-order valence-corrected chi connectivity index (χ0v) is 15.3. The molecule has 26 heavy (non-hydrogen) atoms. The number of halogens is 1. The second-order valence-corrected chi connectivity index (χ2v) is 8.77. The number of nitrogens with one attached hydrogen (secondary N) is 2. The number of benzene rings is 1. The van der Waals surface area contributed by atoms with Crippen LogP contribution in [0.25, 0.3) is 5.69 Å². The Bertz CT molecular complexity index is 941. The summed E-state index contributed by atoms with van der Waals surface area (Å²) in [6.45, 7) is 0. The van der Waals surface area contributed by atoms with Crippen molar-refractivity contribution in [1.29, 1.82) is 0 Å². The SMILES string of the molecule is O=C(CC1CCS(=O)(=O)C1)NNC(=O)c1ccn(-c2cccc(Cl)c2)n1. The van der Waals surface area contributed by atoms with Crippen LogP contribution >= 0.6 is 11.6 Å². The molecule has 0 spiro atoms.